The van der Waals surface area contributed by atoms with Crippen molar-refractivity contribution in [3.63, 3.8) is 0 Å². The van der Waals surface area contributed by atoms with Gasteiger partial charge in [-0.15, -0.1) is 0 Å². The molecule has 0 rings (SSSR count). The standard InChI is InChI=1S/C3H9NO4/c5-3-7-1-4-2-8-6/h4-6H,1-3H2. The van der Waals surface area contributed by atoms with E-state index in [1.165, 1.54) is 0 Å². The van der Waals surface area contributed by atoms with E-state index in [1.807, 2.05) is 0 Å². The summed E-state index contributed by atoms with van der Waals surface area (Å²) in [6.07, 6.45) is 0. The summed E-state index contributed by atoms with van der Waals surface area (Å²) in [5, 5.41) is 18.2. The molecule has 0 fully saturated rings. The van der Waals surface area contributed by atoms with Gasteiger partial charge in [0.15, 0.2) is 0 Å². The Balaban J connectivity index is 2.53. The highest BCUT2D eigenvalue weighted by Gasteiger charge is 1.80. The normalized spacial score (nSPS) is 9.75. The van der Waals surface area contributed by atoms with Crippen LogP contribution >= 0.6 is 0 Å². The van der Waals surface area contributed by atoms with Crippen LogP contribution in [0.1, 0.15) is 0 Å². The third kappa shape index (κ3) is 5.80. The number of rotatable bonds is 5. The van der Waals surface area contributed by atoms with E-state index in [0.717, 1.165) is 0 Å². The number of hydrogen-bond acceptors (Lipinski definition) is 5. The fourth-order valence-electron chi connectivity index (χ4n) is 0.205. The van der Waals surface area contributed by atoms with E-state index in [1.54, 1.807) is 0 Å². The van der Waals surface area contributed by atoms with E-state index in [0.29, 0.717) is 0 Å². The molecule has 0 spiro atoms. The second-order valence-electron chi connectivity index (χ2n) is 1.00. The fraction of sp³-hybridized carbons (Fsp3) is 1.00. The molecule has 0 amide bonds. The molecule has 0 aliphatic carbocycles. The Morgan fingerprint density at radius 1 is 1.38 bits per heavy atom. The van der Waals surface area contributed by atoms with E-state index in [2.05, 4.69) is 14.9 Å². The van der Waals surface area contributed by atoms with Gasteiger partial charge in [0.1, 0.15) is 20.3 Å². The predicted molar refractivity (Wildman–Crippen MR) is 24.8 cm³/mol. The van der Waals surface area contributed by atoms with Gasteiger partial charge >= 0.3 is 0 Å². The first-order chi connectivity index (χ1) is 3.91. The first kappa shape index (κ1) is 7.80. The fourth-order valence-corrected chi connectivity index (χ4v) is 0.205. The quantitative estimate of drug-likeness (QED) is 0.188. The number of nitrogens with one attached hydrogen (secondary N) is 1. The molecule has 0 unspecified atom stereocenters. The first-order valence-electron chi connectivity index (χ1n) is 2.07. The van der Waals surface area contributed by atoms with Crippen molar-refractivity contribution in [1.29, 1.82) is 0 Å². The van der Waals surface area contributed by atoms with Crippen LogP contribution in [-0.2, 0) is 9.62 Å². The summed E-state index contributed by atoms with van der Waals surface area (Å²) in [5.74, 6) is 0. The maximum absolute atomic E-state index is 8.00. The van der Waals surface area contributed by atoms with Crippen LogP contribution < -0.4 is 5.32 Å². The molecule has 0 saturated carbocycles. The summed E-state index contributed by atoms with van der Waals surface area (Å²) in [6.45, 7) is -0.171. The lowest BCUT2D eigenvalue weighted by atomic mass is 11.1. The van der Waals surface area contributed by atoms with Gasteiger partial charge < -0.3 is 9.84 Å². The second-order valence-corrected chi connectivity index (χ2v) is 1.00. The Morgan fingerprint density at radius 3 is 2.62 bits per heavy atom. The SMILES string of the molecule is OCOCNCOO. The Morgan fingerprint density at radius 2 is 2.12 bits per heavy atom. The molecule has 0 aliphatic rings. The molecule has 0 bridgehead atoms. The Labute approximate surface area is 46.8 Å². The summed E-state index contributed by atoms with van der Waals surface area (Å²) in [7, 11) is 0. The van der Waals surface area contributed by atoms with Crippen molar-refractivity contribution >= 4 is 0 Å². The molecule has 0 atom stereocenters. The van der Waals surface area contributed by atoms with Crippen molar-refractivity contribution in [3.05, 3.63) is 0 Å². The highest BCUT2D eigenvalue weighted by atomic mass is 17.1. The maximum atomic E-state index is 8.00. The minimum absolute atomic E-state index is 0. The van der Waals surface area contributed by atoms with Gasteiger partial charge in [0.05, 0.1) is 0 Å². The summed E-state index contributed by atoms with van der Waals surface area (Å²) < 4.78 is 4.39. The largest absolute Gasteiger partial charge is 0.371 e. The van der Waals surface area contributed by atoms with Gasteiger partial charge in [-0.25, -0.2) is 4.89 Å². The maximum Gasteiger partial charge on any atom is 0.145 e. The van der Waals surface area contributed by atoms with Crippen molar-refractivity contribution in [1.82, 2.24) is 5.32 Å². The molecule has 0 saturated heterocycles. The van der Waals surface area contributed by atoms with Crippen LogP contribution in [0, 0.1) is 0 Å². The third-order valence-corrected chi connectivity index (χ3v) is 0.462. The zero-order valence-corrected chi connectivity index (χ0v) is 4.33. The number of hydrogen-bond donors (Lipinski definition) is 3. The van der Waals surface area contributed by atoms with Crippen molar-refractivity contribution in [3.8, 4) is 0 Å². The topological polar surface area (TPSA) is 71.0 Å². The van der Waals surface area contributed by atoms with Crippen LogP contribution in [-0.4, -0.2) is 30.6 Å². The minimum atomic E-state index is -0.335. The molecule has 8 heavy (non-hydrogen) atoms. The molecule has 3 N–H and O–H groups in total. The molecule has 5 heteroatoms. The molecular weight excluding hydrogens is 114 g/mol. The lowest BCUT2D eigenvalue weighted by molar-refractivity contribution is -0.250. The molecule has 0 aromatic rings. The Hall–Kier alpha value is -0.200. The molecule has 0 aromatic heterocycles. The van der Waals surface area contributed by atoms with E-state index in [4.69, 9.17) is 10.4 Å². The average molecular weight is 123 g/mol. The van der Waals surface area contributed by atoms with Crippen LogP contribution in [0.5, 0.6) is 0 Å². The van der Waals surface area contributed by atoms with Crippen LogP contribution in [0.15, 0.2) is 0 Å². The van der Waals surface area contributed by atoms with Crippen molar-refractivity contribution in [2.75, 3.05) is 20.3 Å². The Bertz CT molecular complexity index is 36.3. The van der Waals surface area contributed by atoms with E-state index in [9.17, 15) is 0 Å². The van der Waals surface area contributed by atoms with Gasteiger partial charge in [0.25, 0.3) is 0 Å². The lowest BCUT2D eigenvalue weighted by Crippen LogP contribution is -2.20. The van der Waals surface area contributed by atoms with Gasteiger partial charge in [-0.3, -0.25) is 10.6 Å². The van der Waals surface area contributed by atoms with Crippen LogP contribution in [0.25, 0.3) is 0 Å². The molecule has 0 radical (unpaired) electrons. The monoisotopic (exact) mass is 123 g/mol. The summed E-state index contributed by atoms with van der Waals surface area (Å²) in [4.78, 5) is 3.62. The molecule has 0 aromatic carbocycles. The Kier molecular flexibility index (Phi) is 6.63. The zero-order chi connectivity index (χ0) is 6.24. The smallest absolute Gasteiger partial charge is 0.145 e. The molecule has 50 valence electrons. The summed E-state index contributed by atoms with van der Waals surface area (Å²) >= 11 is 0. The van der Waals surface area contributed by atoms with Gasteiger partial charge in [-0.05, 0) is 0 Å². The van der Waals surface area contributed by atoms with Crippen LogP contribution in [0.2, 0.25) is 0 Å². The van der Waals surface area contributed by atoms with Gasteiger partial charge in [0.2, 0.25) is 0 Å². The van der Waals surface area contributed by atoms with E-state index in [-0.39, 0.29) is 20.3 Å². The highest BCUT2D eigenvalue weighted by molar-refractivity contribution is 4.17. The van der Waals surface area contributed by atoms with Crippen LogP contribution in [0.4, 0.5) is 0 Å². The molecule has 0 aliphatic heterocycles. The highest BCUT2D eigenvalue weighted by Crippen LogP contribution is 1.63. The molecule has 5 nitrogen and oxygen atoms in total. The van der Waals surface area contributed by atoms with Crippen molar-refractivity contribution < 1.29 is 20.0 Å². The minimum Gasteiger partial charge on any atom is -0.371 e. The third-order valence-electron chi connectivity index (χ3n) is 0.462. The van der Waals surface area contributed by atoms with Crippen LogP contribution in [0.3, 0.4) is 0 Å². The van der Waals surface area contributed by atoms with Gasteiger partial charge in [-0.2, -0.15) is 0 Å². The van der Waals surface area contributed by atoms with Gasteiger partial charge in [0, 0.05) is 0 Å². The molecule has 0 heterocycles. The lowest BCUT2D eigenvalue weighted by Gasteiger charge is -1.99. The molecular formula is C3H9NO4. The predicted octanol–water partition coefficient (Wildman–Crippen LogP) is -1.05. The van der Waals surface area contributed by atoms with E-state index >= 15 is 0 Å². The van der Waals surface area contributed by atoms with Crippen molar-refractivity contribution in [2.45, 2.75) is 0 Å². The first-order valence-corrected chi connectivity index (χ1v) is 2.07. The number of aliphatic hydroxyl groups excluding tert-OH is 1. The number of ether oxygens (including phenoxy) is 1. The zero-order valence-electron chi connectivity index (χ0n) is 4.33. The van der Waals surface area contributed by atoms with Crippen molar-refractivity contribution in [2.24, 2.45) is 0 Å². The summed E-state index contributed by atoms with van der Waals surface area (Å²) in [5.41, 5.74) is 0. The van der Waals surface area contributed by atoms with Gasteiger partial charge in [-0.1, -0.05) is 0 Å². The summed E-state index contributed by atoms with van der Waals surface area (Å²) in [6, 6.07) is 0. The van der Waals surface area contributed by atoms with E-state index < -0.39 is 0 Å². The average Bonchev–Trinajstić information content (AvgIpc) is 1.81. The second kappa shape index (κ2) is 6.80. The number of aliphatic hydroxyl groups is 1.